The maximum absolute atomic E-state index is 10.8. The van der Waals surface area contributed by atoms with Crippen LogP contribution >= 0.6 is 0 Å². The number of carbonyl (C=O) groups is 1. The third-order valence-corrected chi connectivity index (χ3v) is 4.79. The number of benzene rings is 1. The molecule has 0 saturated carbocycles. The third kappa shape index (κ3) is 3.74. The van der Waals surface area contributed by atoms with E-state index in [9.17, 15) is 4.79 Å². The highest BCUT2D eigenvalue weighted by atomic mass is 16.5. The van der Waals surface area contributed by atoms with E-state index in [0.29, 0.717) is 6.54 Å². The normalized spacial score (nSPS) is 19.5. The summed E-state index contributed by atoms with van der Waals surface area (Å²) in [7, 11) is 1.89. The molecule has 0 fully saturated rings. The summed E-state index contributed by atoms with van der Waals surface area (Å²) in [4.78, 5) is 13.1. The van der Waals surface area contributed by atoms with Crippen molar-refractivity contribution < 1.29 is 19.2 Å². The second kappa shape index (κ2) is 7.64. The molecule has 2 aliphatic rings. The van der Waals surface area contributed by atoms with E-state index in [1.807, 2.05) is 29.9 Å². The number of aliphatic carboxylic acids is 1. The minimum atomic E-state index is -0.795. The van der Waals surface area contributed by atoms with Gasteiger partial charge in [-0.05, 0) is 32.1 Å². The Hall–Kier alpha value is -2.76. The monoisotopic (exact) mass is 356 g/mol. The highest BCUT2D eigenvalue weighted by Crippen LogP contribution is 2.37. The first-order valence-electron chi connectivity index (χ1n) is 9.04. The number of hydrogen-bond donors (Lipinski definition) is 2. The van der Waals surface area contributed by atoms with Gasteiger partial charge in [-0.25, -0.2) is 4.58 Å². The van der Waals surface area contributed by atoms with Gasteiger partial charge in [0.05, 0.1) is 11.8 Å². The molecule has 0 spiro atoms. The molecule has 1 unspecified atom stereocenters. The molecule has 0 saturated heterocycles. The van der Waals surface area contributed by atoms with Gasteiger partial charge in [0.1, 0.15) is 25.3 Å². The van der Waals surface area contributed by atoms with Crippen molar-refractivity contribution in [2.24, 2.45) is 0 Å². The van der Waals surface area contributed by atoms with Gasteiger partial charge in [-0.15, -0.1) is 0 Å². The summed E-state index contributed by atoms with van der Waals surface area (Å²) in [6.07, 6.45) is 6.13. The van der Waals surface area contributed by atoms with Gasteiger partial charge in [0.25, 0.3) is 0 Å². The Balaban J connectivity index is 1.85. The van der Waals surface area contributed by atoms with Crippen molar-refractivity contribution in [3.8, 4) is 5.75 Å². The molecule has 6 heteroatoms. The number of carboxylic acids is 1. The molecule has 1 aliphatic carbocycles. The Labute approximate surface area is 154 Å². The largest absolute Gasteiger partial charge is 0.481 e. The molecule has 0 amide bonds. The van der Waals surface area contributed by atoms with Gasteiger partial charge in [0.2, 0.25) is 5.71 Å². The number of allylic oxidation sites excluding steroid dienone is 2. The minimum Gasteiger partial charge on any atom is -0.481 e. The van der Waals surface area contributed by atoms with Crippen LogP contribution in [0.5, 0.6) is 5.75 Å². The van der Waals surface area contributed by atoms with Gasteiger partial charge in [-0.3, -0.25) is 4.79 Å². The molecule has 1 aliphatic heterocycles. The van der Waals surface area contributed by atoms with Crippen molar-refractivity contribution in [2.75, 3.05) is 36.9 Å². The van der Waals surface area contributed by atoms with Crippen LogP contribution in [0.2, 0.25) is 0 Å². The van der Waals surface area contributed by atoms with Crippen molar-refractivity contribution in [3.63, 3.8) is 0 Å². The average molecular weight is 356 g/mol. The van der Waals surface area contributed by atoms with Gasteiger partial charge in [0, 0.05) is 30.9 Å². The SMILES string of the molecule is CCN(CC)c1ccc2c(c1)OC1=CC(=[N+](C)CCC(=O)O)C=CC1N2. The van der Waals surface area contributed by atoms with Gasteiger partial charge in [-0.1, -0.05) is 0 Å². The molecule has 0 aromatic heterocycles. The summed E-state index contributed by atoms with van der Waals surface area (Å²) in [6, 6.07) is 6.24. The molecule has 1 heterocycles. The predicted octanol–water partition coefficient (Wildman–Crippen LogP) is 2.72. The van der Waals surface area contributed by atoms with E-state index in [4.69, 9.17) is 9.84 Å². The number of fused-ring (bicyclic) bond motifs is 2. The fraction of sp³-hybridized carbons (Fsp3) is 0.400. The van der Waals surface area contributed by atoms with Gasteiger partial charge >= 0.3 is 5.97 Å². The summed E-state index contributed by atoms with van der Waals surface area (Å²) < 4.78 is 8.11. The molecule has 3 rings (SSSR count). The molecule has 0 bridgehead atoms. The van der Waals surface area contributed by atoms with Crippen molar-refractivity contribution >= 4 is 23.1 Å². The van der Waals surface area contributed by atoms with E-state index in [2.05, 4.69) is 42.3 Å². The lowest BCUT2D eigenvalue weighted by Gasteiger charge is -2.30. The van der Waals surface area contributed by atoms with Crippen LogP contribution in [0.15, 0.2) is 42.2 Å². The zero-order valence-electron chi connectivity index (χ0n) is 15.5. The number of nitrogens with zero attached hydrogens (tertiary/aromatic N) is 2. The second-order valence-electron chi connectivity index (χ2n) is 6.47. The average Bonchev–Trinajstić information content (AvgIpc) is 2.64. The van der Waals surface area contributed by atoms with Crippen LogP contribution in [-0.4, -0.2) is 54.1 Å². The minimum absolute atomic E-state index is 0.00146. The molecule has 1 aromatic rings. The van der Waals surface area contributed by atoms with Gasteiger partial charge < -0.3 is 20.1 Å². The zero-order chi connectivity index (χ0) is 18.7. The molecule has 2 N–H and O–H groups in total. The molecule has 138 valence electrons. The summed E-state index contributed by atoms with van der Waals surface area (Å²) in [6.45, 7) is 6.63. The molecule has 26 heavy (non-hydrogen) atoms. The molecule has 1 atom stereocenters. The first kappa shape index (κ1) is 18.0. The summed E-state index contributed by atoms with van der Waals surface area (Å²) in [5.41, 5.74) is 3.07. The Morgan fingerprint density at radius 1 is 1.35 bits per heavy atom. The maximum atomic E-state index is 10.8. The Bertz CT molecular complexity index is 791. The first-order valence-corrected chi connectivity index (χ1v) is 9.04. The van der Waals surface area contributed by atoms with E-state index in [-0.39, 0.29) is 12.5 Å². The molecular formula is C20H26N3O3+. The van der Waals surface area contributed by atoms with Crippen molar-refractivity contribution in [3.05, 3.63) is 42.2 Å². The Kier molecular flexibility index (Phi) is 5.30. The van der Waals surface area contributed by atoms with Crippen LogP contribution in [0.1, 0.15) is 20.3 Å². The summed E-state index contributed by atoms with van der Waals surface area (Å²) in [5, 5.41) is 12.3. The number of rotatable bonds is 6. The molecular weight excluding hydrogens is 330 g/mol. The number of ether oxygens (including phenoxy) is 1. The fourth-order valence-corrected chi connectivity index (χ4v) is 3.21. The molecule has 1 aromatic carbocycles. The van der Waals surface area contributed by atoms with Gasteiger partial charge in [-0.2, -0.15) is 0 Å². The lowest BCUT2D eigenvalue weighted by Crippen LogP contribution is -2.32. The smallest absolute Gasteiger partial charge is 0.309 e. The van der Waals surface area contributed by atoms with E-state index in [1.54, 1.807) is 0 Å². The summed E-state index contributed by atoms with van der Waals surface area (Å²) >= 11 is 0. The van der Waals surface area contributed by atoms with Crippen molar-refractivity contribution in [1.29, 1.82) is 0 Å². The zero-order valence-corrected chi connectivity index (χ0v) is 15.5. The number of nitrogens with one attached hydrogen (secondary N) is 1. The van der Waals surface area contributed by atoms with Crippen molar-refractivity contribution in [1.82, 2.24) is 0 Å². The van der Waals surface area contributed by atoms with Crippen LogP contribution in [0, 0.1) is 0 Å². The quantitative estimate of drug-likeness (QED) is 0.768. The fourth-order valence-electron chi connectivity index (χ4n) is 3.21. The van der Waals surface area contributed by atoms with Crippen molar-refractivity contribution in [2.45, 2.75) is 26.3 Å². The van der Waals surface area contributed by atoms with E-state index < -0.39 is 5.97 Å². The standard InChI is InChI=1S/C20H25N3O3/c1-4-23(5-2)15-7-9-17-19(13-15)26-18-12-14(6-8-16(18)21-17)22(3)11-10-20(24)25/h6-9,12-13,16,21H,4-5,10-11H2,1-3H3/p+1. The summed E-state index contributed by atoms with van der Waals surface area (Å²) in [5.74, 6) is 0.852. The third-order valence-electron chi connectivity index (χ3n) is 4.79. The number of carboxylic acid groups (broad SMARTS) is 1. The highest BCUT2D eigenvalue weighted by molar-refractivity contribution is 6.02. The molecule has 0 radical (unpaired) electrons. The lowest BCUT2D eigenvalue weighted by atomic mass is 10.0. The number of anilines is 2. The lowest BCUT2D eigenvalue weighted by molar-refractivity contribution is -0.494. The molecule has 6 nitrogen and oxygen atoms in total. The maximum Gasteiger partial charge on any atom is 0.309 e. The number of hydrogen-bond acceptors (Lipinski definition) is 4. The van der Waals surface area contributed by atoms with Crippen LogP contribution in [0.4, 0.5) is 11.4 Å². The van der Waals surface area contributed by atoms with Crippen LogP contribution in [0.3, 0.4) is 0 Å². The Morgan fingerprint density at radius 3 is 2.81 bits per heavy atom. The second-order valence-corrected chi connectivity index (χ2v) is 6.47. The topological polar surface area (TPSA) is 64.8 Å². The first-order chi connectivity index (χ1) is 12.5. The van der Waals surface area contributed by atoms with Gasteiger partial charge in [0.15, 0.2) is 12.3 Å². The predicted molar refractivity (Wildman–Crippen MR) is 104 cm³/mol. The van der Waals surface area contributed by atoms with Crippen LogP contribution in [0.25, 0.3) is 0 Å². The van der Waals surface area contributed by atoms with E-state index >= 15 is 0 Å². The van der Waals surface area contributed by atoms with E-state index in [1.165, 1.54) is 0 Å². The Morgan fingerprint density at radius 2 is 2.12 bits per heavy atom. The van der Waals surface area contributed by atoms with Crippen LogP contribution in [-0.2, 0) is 4.79 Å². The highest BCUT2D eigenvalue weighted by Gasteiger charge is 2.27. The van der Waals surface area contributed by atoms with Crippen LogP contribution < -0.4 is 15.0 Å². The van der Waals surface area contributed by atoms with E-state index in [0.717, 1.165) is 41.7 Å².